The average Bonchev–Trinajstić information content (AvgIpc) is 2.46. The molecule has 0 aliphatic carbocycles. The van der Waals surface area contributed by atoms with Crippen LogP contribution in [-0.2, 0) is 11.3 Å². The number of carbonyl (C=O) groups is 1. The van der Waals surface area contributed by atoms with E-state index < -0.39 is 0 Å². The monoisotopic (exact) mass is 254 g/mol. The predicted octanol–water partition coefficient (Wildman–Crippen LogP) is 3.02. The molecular weight excluding hydrogens is 236 g/mol. The van der Waals surface area contributed by atoms with Gasteiger partial charge >= 0.3 is 0 Å². The largest absolute Gasteiger partial charge is 0.352 e. The third-order valence-electron chi connectivity index (χ3n) is 2.94. The summed E-state index contributed by atoms with van der Waals surface area (Å²) in [6.45, 7) is 4.35. The summed E-state index contributed by atoms with van der Waals surface area (Å²) in [7, 11) is 0. The first-order valence-electron chi connectivity index (χ1n) is 6.44. The van der Waals surface area contributed by atoms with Crippen molar-refractivity contribution >= 4 is 5.91 Å². The van der Waals surface area contributed by atoms with Crippen LogP contribution < -0.4 is 5.32 Å². The lowest BCUT2D eigenvalue weighted by Crippen LogP contribution is -2.27. The van der Waals surface area contributed by atoms with Gasteiger partial charge < -0.3 is 5.32 Å². The highest BCUT2D eigenvalue weighted by Gasteiger charge is 2.05. The quantitative estimate of drug-likeness (QED) is 0.911. The minimum absolute atomic E-state index is 0.0228. The Morgan fingerprint density at radius 1 is 1.16 bits per heavy atom. The third kappa shape index (κ3) is 3.65. The number of carbonyl (C=O) groups excluding carboxylic acids is 1. The number of amides is 1. The summed E-state index contributed by atoms with van der Waals surface area (Å²) in [5.41, 5.74) is 3.33. The van der Waals surface area contributed by atoms with Crippen molar-refractivity contribution in [1.82, 2.24) is 10.3 Å². The highest BCUT2D eigenvalue weighted by molar-refractivity contribution is 5.77. The zero-order valence-corrected chi connectivity index (χ0v) is 11.3. The lowest BCUT2D eigenvalue weighted by atomic mass is 10.1. The molecule has 98 valence electrons. The standard InChI is InChI=1S/C16H18N2O/c1-12(2)16(19)18-10-13-5-7-14(8-6-13)15-4-3-9-17-11-15/h3-9,11-12H,10H2,1-2H3,(H,18,19). The fraction of sp³-hybridized carbons (Fsp3) is 0.250. The van der Waals surface area contributed by atoms with Crippen molar-refractivity contribution in [2.45, 2.75) is 20.4 Å². The van der Waals surface area contributed by atoms with Gasteiger partial charge in [0, 0.05) is 24.9 Å². The number of rotatable bonds is 4. The molecule has 0 spiro atoms. The molecule has 0 saturated heterocycles. The van der Waals surface area contributed by atoms with Gasteiger partial charge in [0.25, 0.3) is 0 Å². The molecule has 2 aromatic rings. The Balaban J connectivity index is 2.01. The number of nitrogens with zero attached hydrogens (tertiary/aromatic N) is 1. The first-order chi connectivity index (χ1) is 9.16. The second-order valence-electron chi connectivity index (χ2n) is 4.81. The van der Waals surface area contributed by atoms with Gasteiger partial charge in [0.05, 0.1) is 0 Å². The molecule has 0 unspecified atom stereocenters. The molecule has 1 heterocycles. The van der Waals surface area contributed by atoms with E-state index >= 15 is 0 Å². The topological polar surface area (TPSA) is 42.0 Å². The summed E-state index contributed by atoms with van der Waals surface area (Å²) < 4.78 is 0. The Morgan fingerprint density at radius 2 is 1.89 bits per heavy atom. The summed E-state index contributed by atoms with van der Waals surface area (Å²) in [4.78, 5) is 15.6. The lowest BCUT2D eigenvalue weighted by molar-refractivity contribution is -0.124. The van der Waals surface area contributed by atoms with Crippen molar-refractivity contribution in [2.24, 2.45) is 5.92 Å². The Morgan fingerprint density at radius 3 is 2.47 bits per heavy atom. The zero-order chi connectivity index (χ0) is 13.7. The molecule has 0 aliphatic heterocycles. The summed E-state index contributed by atoms with van der Waals surface area (Å²) in [6, 6.07) is 12.1. The molecule has 1 N–H and O–H groups in total. The Hall–Kier alpha value is -2.16. The van der Waals surface area contributed by atoms with Crippen molar-refractivity contribution in [3.63, 3.8) is 0 Å². The van der Waals surface area contributed by atoms with Gasteiger partial charge in [0.15, 0.2) is 0 Å². The number of aromatic nitrogens is 1. The van der Waals surface area contributed by atoms with Crippen LogP contribution in [0.3, 0.4) is 0 Å². The minimum Gasteiger partial charge on any atom is -0.352 e. The molecule has 3 nitrogen and oxygen atoms in total. The van der Waals surface area contributed by atoms with E-state index in [0.717, 1.165) is 16.7 Å². The molecule has 19 heavy (non-hydrogen) atoms. The van der Waals surface area contributed by atoms with Gasteiger partial charge in [-0.25, -0.2) is 0 Å². The van der Waals surface area contributed by atoms with Gasteiger partial charge in [0.2, 0.25) is 5.91 Å². The summed E-state index contributed by atoms with van der Waals surface area (Å²) >= 11 is 0. The van der Waals surface area contributed by atoms with Crippen molar-refractivity contribution in [3.05, 3.63) is 54.4 Å². The molecule has 1 amide bonds. The smallest absolute Gasteiger partial charge is 0.222 e. The van der Waals surface area contributed by atoms with Crippen LogP contribution in [-0.4, -0.2) is 10.9 Å². The maximum atomic E-state index is 11.5. The second kappa shape index (κ2) is 6.14. The van der Waals surface area contributed by atoms with Gasteiger partial charge in [0.1, 0.15) is 0 Å². The van der Waals surface area contributed by atoms with Crippen LogP contribution in [0, 0.1) is 5.92 Å². The maximum absolute atomic E-state index is 11.5. The van der Waals surface area contributed by atoms with E-state index in [4.69, 9.17) is 0 Å². The molecular formula is C16H18N2O. The predicted molar refractivity (Wildman–Crippen MR) is 76.4 cm³/mol. The normalized spacial score (nSPS) is 10.5. The number of hydrogen-bond acceptors (Lipinski definition) is 2. The second-order valence-corrected chi connectivity index (χ2v) is 4.81. The van der Waals surface area contributed by atoms with E-state index in [0.29, 0.717) is 6.54 Å². The summed E-state index contributed by atoms with van der Waals surface area (Å²) in [6.07, 6.45) is 3.61. The summed E-state index contributed by atoms with van der Waals surface area (Å²) in [5.74, 6) is 0.103. The molecule has 1 aromatic heterocycles. The van der Waals surface area contributed by atoms with Crippen LogP contribution in [0.15, 0.2) is 48.8 Å². The lowest BCUT2D eigenvalue weighted by Gasteiger charge is -2.08. The van der Waals surface area contributed by atoms with Crippen LogP contribution in [0.2, 0.25) is 0 Å². The van der Waals surface area contributed by atoms with Gasteiger partial charge in [-0.15, -0.1) is 0 Å². The van der Waals surface area contributed by atoms with Crippen molar-refractivity contribution in [2.75, 3.05) is 0 Å². The number of benzene rings is 1. The minimum atomic E-state index is 0.0228. The van der Waals surface area contributed by atoms with Gasteiger partial charge in [-0.05, 0) is 22.8 Å². The van der Waals surface area contributed by atoms with Crippen LogP contribution in [0.4, 0.5) is 0 Å². The first-order valence-corrected chi connectivity index (χ1v) is 6.44. The average molecular weight is 254 g/mol. The van der Waals surface area contributed by atoms with Crippen LogP contribution in [0.5, 0.6) is 0 Å². The molecule has 1 aromatic carbocycles. The van der Waals surface area contributed by atoms with E-state index in [1.54, 1.807) is 6.20 Å². The van der Waals surface area contributed by atoms with E-state index in [2.05, 4.69) is 10.3 Å². The SMILES string of the molecule is CC(C)C(=O)NCc1ccc(-c2cccnc2)cc1. The molecule has 2 rings (SSSR count). The van der Waals surface area contributed by atoms with E-state index in [1.165, 1.54) is 0 Å². The summed E-state index contributed by atoms with van der Waals surface area (Å²) in [5, 5.41) is 2.91. The van der Waals surface area contributed by atoms with Gasteiger partial charge in [-0.1, -0.05) is 44.2 Å². The van der Waals surface area contributed by atoms with Crippen molar-refractivity contribution < 1.29 is 4.79 Å². The Labute approximate surface area is 113 Å². The molecule has 0 fully saturated rings. The molecule has 3 heteroatoms. The number of nitrogens with one attached hydrogen (secondary N) is 1. The fourth-order valence-corrected chi connectivity index (χ4v) is 1.74. The molecule has 0 atom stereocenters. The number of hydrogen-bond donors (Lipinski definition) is 1. The fourth-order valence-electron chi connectivity index (χ4n) is 1.74. The van der Waals surface area contributed by atoms with Crippen LogP contribution >= 0.6 is 0 Å². The van der Waals surface area contributed by atoms with Crippen LogP contribution in [0.25, 0.3) is 11.1 Å². The highest BCUT2D eigenvalue weighted by Crippen LogP contribution is 2.18. The molecule has 0 saturated carbocycles. The Kier molecular flexibility index (Phi) is 4.29. The highest BCUT2D eigenvalue weighted by atomic mass is 16.1. The maximum Gasteiger partial charge on any atom is 0.222 e. The number of pyridine rings is 1. The van der Waals surface area contributed by atoms with Gasteiger partial charge in [-0.2, -0.15) is 0 Å². The van der Waals surface area contributed by atoms with Crippen LogP contribution in [0.1, 0.15) is 19.4 Å². The third-order valence-corrected chi connectivity index (χ3v) is 2.94. The van der Waals surface area contributed by atoms with Crippen molar-refractivity contribution in [3.8, 4) is 11.1 Å². The zero-order valence-electron chi connectivity index (χ0n) is 11.3. The Bertz CT molecular complexity index is 532. The van der Waals surface area contributed by atoms with E-state index in [9.17, 15) is 4.79 Å². The molecule has 0 aliphatic rings. The van der Waals surface area contributed by atoms with E-state index in [1.807, 2.05) is 56.4 Å². The molecule has 0 bridgehead atoms. The molecule has 0 radical (unpaired) electrons. The first kappa shape index (κ1) is 13.3. The van der Waals surface area contributed by atoms with E-state index in [-0.39, 0.29) is 11.8 Å². The van der Waals surface area contributed by atoms with Gasteiger partial charge in [-0.3, -0.25) is 9.78 Å². The van der Waals surface area contributed by atoms with Crippen molar-refractivity contribution in [1.29, 1.82) is 0 Å².